The monoisotopic (exact) mass is 530 g/mol. The van der Waals surface area contributed by atoms with Crippen molar-refractivity contribution >= 4 is 28.6 Å². The van der Waals surface area contributed by atoms with E-state index < -0.39 is 0 Å². The summed E-state index contributed by atoms with van der Waals surface area (Å²) in [6, 6.07) is 13.8. The second-order valence-corrected chi connectivity index (χ2v) is 11.3. The molecule has 1 aliphatic carbocycles. The van der Waals surface area contributed by atoms with Crippen LogP contribution in [0.1, 0.15) is 45.2 Å². The van der Waals surface area contributed by atoms with Crippen molar-refractivity contribution in [3.63, 3.8) is 0 Å². The Bertz CT molecular complexity index is 1510. The van der Waals surface area contributed by atoms with Gasteiger partial charge in [0.1, 0.15) is 5.65 Å². The van der Waals surface area contributed by atoms with Gasteiger partial charge in [0.25, 0.3) is 5.56 Å². The maximum Gasteiger partial charge on any atom is 0.260 e. The highest BCUT2D eigenvalue weighted by molar-refractivity contribution is 6.33. The van der Waals surface area contributed by atoms with E-state index in [1.165, 1.54) is 0 Å². The number of rotatable bonds is 7. The minimum absolute atomic E-state index is 0.0933. The highest BCUT2D eigenvalue weighted by Gasteiger charge is 2.22. The van der Waals surface area contributed by atoms with Crippen LogP contribution in [0.3, 0.4) is 0 Å². The van der Waals surface area contributed by atoms with Crippen LogP contribution >= 0.6 is 11.6 Å². The molecule has 0 amide bonds. The average molecular weight is 531 g/mol. The molecule has 3 aromatic heterocycles. The molecule has 38 heavy (non-hydrogen) atoms. The van der Waals surface area contributed by atoms with E-state index in [0.717, 1.165) is 54.6 Å². The van der Waals surface area contributed by atoms with Crippen LogP contribution < -0.4 is 16.6 Å². The first-order valence-corrected chi connectivity index (χ1v) is 13.8. The van der Waals surface area contributed by atoms with Crippen molar-refractivity contribution < 1.29 is 0 Å². The molecular weight excluding hydrogens is 496 g/mol. The molecule has 0 bridgehead atoms. The number of fused-ring (bicyclic) bond motifs is 1. The van der Waals surface area contributed by atoms with Crippen LogP contribution in [0.4, 0.5) is 5.95 Å². The van der Waals surface area contributed by atoms with Gasteiger partial charge in [-0.2, -0.15) is 4.98 Å². The van der Waals surface area contributed by atoms with E-state index in [-0.39, 0.29) is 11.6 Å². The van der Waals surface area contributed by atoms with Gasteiger partial charge in [-0.1, -0.05) is 43.6 Å². The Hall–Kier alpha value is -3.29. The summed E-state index contributed by atoms with van der Waals surface area (Å²) < 4.78 is 1.82. The first-order chi connectivity index (χ1) is 18.3. The van der Waals surface area contributed by atoms with Gasteiger partial charge in [-0.25, -0.2) is 4.98 Å². The number of nitrogens with zero attached hydrogens (tertiary/aromatic N) is 4. The normalized spacial score (nSPS) is 17.7. The SMILES string of the molecule is Cc1cccc(-c2ccc(-c3cc4cnc(NCC(C)C)nc4n(CC4CCC(N)CC4)c3=O)c(Cl)c2)n1. The van der Waals surface area contributed by atoms with Crippen molar-refractivity contribution in [2.24, 2.45) is 17.6 Å². The summed E-state index contributed by atoms with van der Waals surface area (Å²) in [5.74, 6) is 1.36. The second-order valence-electron chi connectivity index (χ2n) is 10.9. The van der Waals surface area contributed by atoms with E-state index in [1.54, 1.807) is 6.20 Å². The molecule has 1 fully saturated rings. The van der Waals surface area contributed by atoms with Gasteiger partial charge < -0.3 is 11.1 Å². The van der Waals surface area contributed by atoms with Crippen molar-refractivity contribution in [3.8, 4) is 22.4 Å². The molecule has 3 N–H and O–H groups in total. The summed E-state index contributed by atoms with van der Waals surface area (Å²) in [5.41, 5.74) is 10.6. The highest BCUT2D eigenvalue weighted by Crippen LogP contribution is 2.32. The van der Waals surface area contributed by atoms with Gasteiger partial charge in [-0.3, -0.25) is 14.3 Å². The standard InChI is InChI=1S/C30H35ClN6O/c1-18(2)15-33-30-34-16-22-13-25(24-12-9-21(14-26(24)31)27-6-4-5-19(3)35-27)29(38)37(28(22)36-30)17-20-7-10-23(32)11-8-20/h4-6,9,12-14,16,18,20,23H,7-8,10-11,15,17,32H2,1-3H3,(H,33,34,36). The quantitative estimate of drug-likeness (QED) is 0.301. The molecule has 7 nitrogen and oxygen atoms in total. The van der Waals surface area contributed by atoms with Gasteiger partial charge >= 0.3 is 0 Å². The molecule has 5 rings (SSSR count). The fourth-order valence-electron chi connectivity index (χ4n) is 5.13. The van der Waals surface area contributed by atoms with Crippen molar-refractivity contribution in [1.82, 2.24) is 19.5 Å². The molecule has 0 atom stereocenters. The highest BCUT2D eigenvalue weighted by atomic mass is 35.5. The summed E-state index contributed by atoms with van der Waals surface area (Å²) in [4.78, 5) is 28.0. The largest absolute Gasteiger partial charge is 0.354 e. The number of benzene rings is 1. The summed E-state index contributed by atoms with van der Waals surface area (Å²) in [7, 11) is 0. The number of hydrogen-bond donors (Lipinski definition) is 2. The van der Waals surface area contributed by atoms with Crippen LogP contribution in [0.25, 0.3) is 33.4 Å². The minimum atomic E-state index is -0.0933. The zero-order valence-electron chi connectivity index (χ0n) is 22.2. The van der Waals surface area contributed by atoms with Crippen LogP contribution in [-0.4, -0.2) is 32.1 Å². The fraction of sp³-hybridized carbons (Fsp3) is 0.400. The zero-order chi connectivity index (χ0) is 26.8. The molecule has 0 radical (unpaired) electrons. The molecule has 3 heterocycles. The predicted molar refractivity (Wildman–Crippen MR) is 155 cm³/mol. The third-order valence-electron chi connectivity index (χ3n) is 7.27. The fourth-order valence-corrected chi connectivity index (χ4v) is 5.41. The number of nitrogens with one attached hydrogen (secondary N) is 1. The molecule has 0 unspecified atom stereocenters. The molecule has 8 heteroatoms. The number of anilines is 1. The summed E-state index contributed by atoms with van der Waals surface area (Å²) >= 11 is 6.80. The molecular formula is C30H35ClN6O. The smallest absolute Gasteiger partial charge is 0.260 e. The van der Waals surface area contributed by atoms with Crippen LogP contribution in [0.15, 0.2) is 53.5 Å². The van der Waals surface area contributed by atoms with Gasteiger partial charge in [0.2, 0.25) is 5.95 Å². The van der Waals surface area contributed by atoms with Gasteiger partial charge in [0.15, 0.2) is 0 Å². The Morgan fingerprint density at radius 1 is 1.08 bits per heavy atom. The summed E-state index contributed by atoms with van der Waals surface area (Å²) in [6.45, 7) is 7.58. The molecule has 198 valence electrons. The van der Waals surface area contributed by atoms with Gasteiger partial charge in [0, 0.05) is 58.1 Å². The van der Waals surface area contributed by atoms with Crippen LogP contribution in [0.5, 0.6) is 0 Å². The number of pyridine rings is 2. The third-order valence-corrected chi connectivity index (χ3v) is 7.58. The van der Waals surface area contributed by atoms with Crippen LogP contribution in [-0.2, 0) is 6.54 Å². The van der Waals surface area contributed by atoms with Crippen molar-refractivity contribution in [3.05, 3.63) is 69.7 Å². The van der Waals surface area contributed by atoms with E-state index in [0.29, 0.717) is 46.1 Å². The number of hydrogen-bond acceptors (Lipinski definition) is 6. The Labute approximate surface area is 228 Å². The Kier molecular flexibility index (Phi) is 7.77. The number of halogens is 1. The second kappa shape index (κ2) is 11.2. The molecule has 0 saturated heterocycles. The minimum Gasteiger partial charge on any atom is -0.354 e. The van der Waals surface area contributed by atoms with Crippen molar-refractivity contribution in [1.29, 1.82) is 0 Å². The summed E-state index contributed by atoms with van der Waals surface area (Å²) in [6.07, 6.45) is 5.75. The Morgan fingerprint density at radius 3 is 2.58 bits per heavy atom. The van der Waals surface area contributed by atoms with E-state index in [9.17, 15) is 4.79 Å². The third kappa shape index (κ3) is 5.74. The molecule has 1 aromatic carbocycles. The van der Waals surface area contributed by atoms with Crippen LogP contribution in [0.2, 0.25) is 5.02 Å². The molecule has 1 aliphatic rings. The van der Waals surface area contributed by atoms with Gasteiger partial charge in [-0.15, -0.1) is 0 Å². The molecule has 0 aliphatic heterocycles. The lowest BCUT2D eigenvalue weighted by Crippen LogP contribution is -2.31. The lowest BCUT2D eigenvalue weighted by atomic mass is 9.86. The van der Waals surface area contributed by atoms with Crippen molar-refractivity contribution in [2.75, 3.05) is 11.9 Å². The molecule has 1 saturated carbocycles. The van der Waals surface area contributed by atoms with Crippen LogP contribution in [0, 0.1) is 18.8 Å². The van der Waals surface area contributed by atoms with E-state index in [2.05, 4.69) is 29.1 Å². The molecule has 0 spiro atoms. The van der Waals surface area contributed by atoms with Crippen molar-refractivity contribution in [2.45, 2.75) is 59.0 Å². The lowest BCUT2D eigenvalue weighted by Gasteiger charge is -2.27. The van der Waals surface area contributed by atoms with E-state index in [4.69, 9.17) is 22.3 Å². The zero-order valence-corrected chi connectivity index (χ0v) is 23.0. The number of aryl methyl sites for hydroxylation is 1. The van der Waals surface area contributed by atoms with Gasteiger partial charge in [0.05, 0.1) is 5.69 Å². The maximum absolute atomic E-state index is 14.0. The predicted octanol–water partition coefficient (Wildman–Crippen LogP) is 6.07. The Balaban J connectivity index is 1.59. The van der Waals surface area contributed by atoms with Gasteiger partial charge in [-0.05, 0) is 68.7 Å². The first-order valence-electron chi connectivity index (χ1n) is 13.4. The summed E-state index contributed by atoms with van der Waals surface area (Å²) in [5, 5.41) is 4.61. The maximum atomic E-state index is 14.0. The Morgan fingerprint density at radius 2 is 1.87 bits per heavy atom. The average Bonchev–Trinajstić information content (AvgIpc) is 2.90. The lowest BCUT2D eigenvalue weighted by molar-refractivity contribution is 0.295. The number of nitrogens with two attached hydrogens (primary N) is 1. The number of aromatic nitrogens is 4. The first kappa shape index (κ1) is 26.3. The molecule has 4 aromatic rings. The van der Waals surface area contributed by atoms with E-state index in [1.807, 2.05) is 54.0 Å². The topological polar surface area (TPSA) is 98.7 Å². The van der Waals surface area contributed by atoms with E-state index >= 15 is 0 Å².